The molecule has 1 N–H and O–H groups in total. The van der Waals surface area contributed by atoms with Crippen molar-refractivity contribution < 1.29 is 9.50 Å². The first-order valence-corrected chi connectivity index (χ1v) is 7.45. The highest BCUT2D eigenvalue weighted by Gasteiger charge is 2.15. The van der Waals surface area contributed by atoms with Crippen LogP contribution in [0.15, 0.2) is 42.5 Å². The fourth-order valence-electron chi connectivity index (χ4n) is 2.57. The predicted octanol–water partition coefficient (Wildman–Crippen LogP) is 3.11. The number of nitrogens with zero attached hydrogens (tertiary/aromatic N) is 3. The molecule has 0 saturated heterocycles. The maximum Gasteiger partial charge on any atom is 0.123 e. The van der Waals surface area contributed by atoms with E-state index in [1.165, 1.54) is 12.1 Å². The molecule has 1 aromatic heterocycles. The van der Waals surface area contributed by atoms with Crippen LogP contribution in [0.3, 0.4) is 0 Å². The van der Waals surface area contributed by atoms with Crippen LogP contribution in [-0.4, -0.2) is 20.1 Å². The lowest BCUT2D eigenvalue weighted by atomic mass is 10.1. The van der Waals surface area contributed by atoms with Crippen molar-refractivity contribution in [3.63, 3.8) is 0 Å². The van der Waals surface area contributed by atoms with Crippen molar-refractivity contribution in [3.05, 3.63) is 76.4 Å². The Hall–Kier alpha value is -2.53. The van der Waals surface area contributed by atoms with Gasteiger partial charge < -0.3 is 5.11 Å². The zero-order valence-corrected chi connectivity index (χ0v) is 13.1. The lowest BCUT2D eigenvalue weighted by Crippen LogP contribution is -2.07. The molecule has 3 aromatic rings. The third kappa shape index (κ3) is 3.14. The zero-order valence-electron chi connectivity index (χ0n) is 13.1. The standard InChI is InChI=1S/C18H18FN3O/c1-12-3-4-13(2)17(9-12)22-18(16(11-23)20-21-22)10-14-5-7-15(19)8-6-14/h3-9,23H,10-11H2,1-2H3. The Morgan fingerprint density at radius 3 is 2.52 bits per heavy atom. The first-order chi connectivity index (χ1) is 11.1. The van der Waals surface area contributed by atoms with Crippen LogP contribution in [0.2, 0.25) is 0 Å². The van der Waals surface area contributed by atoms with Crippen LogP contribution in [0.1, 0.15) is 28.1 Å². The lowest BCUT2D eigenvalue weighted by Gasteiger charge is -2.11. The highest BCUT2D eigenvalue weighted by Crippen LogP contribution is 2.21. The molecule has 0 bridgehead atoms. The number of aryl methyl sites for hydroxylation is 2. The molecule has 0 aliphatic rings. The molecule has 118 valence electrons. The summed E-state index contributed by atoms with van der Waals surface area (Å²) in [5.74, 6) is -0.266. The van der Waals surface area contributed by atoms with Crippen molar-refractivity contribution >= 4 is 0 Å². The second-order valence-electron chi connectivity index (χ2n) is 5.65. The van der Waals surface area contributed by atoms with E-state index in [4.69, 9.17) is 0 Å². The molecular formula is C18H18FN3O. The topological polar surface area (TPSA) is 50.9 Å². The molecule has 0 aliphatic heterocycles. The molecule has 23 heavy (non-hydrogen) atoms. The molecule has 0 fully saturated rings. The van der Waals surface area contributed by atoms with E-state index in [1.807, 2.05) is 32.0 Å². The fraction of sp³-hybridized carbons (Fsp3) is 0.222. The summed E-state index contributed by atoms with van der Waals surface area (Å²) < 4.78 is 14.8. The van der Waals surface area contributed by atoms with Crippen LogP contribution in [0.5, 0.6) is 0 Å². The Bertz CT molecular complexity index is 825. The summed E-state index contributed by atoms with van der Waals surface area (Å²) in [5, 5.41) is 17.8. The van der Waals surface area contributed by atoms with Crippen LogP contribution in [0.25, 0.3) is 5.69 Å². The van der Waals surface area contributed by atoms with Crippen molar-refractivity contribution in [1.29, 1.82) is 0 Å². The molecule has 0 spiro atoms. The van der Waals surface area contributed by atoms with Gasteiger partial charge in [-0.1, -0.05) is 29.5 Å². The van der Waals surface area contributed by atoms with Crippen molar-refractivity contribution in [2.75, 3.05) is 0 Å². The van der Waals surface area contributed by atoms with Gasteiger partial charge in [-0.15, -0.1) is 5.10 Å². The minimum atomic E-state index is -0.266. The van der Waals surface area contributed by atoms with E-state index in [2.05, 4.69) is 10.3 Å². The molecule has 1 heterocycles. The molecule has 0 atom stereocenters. The van der Waals surface area contributed by atoms with E-state index >= 15 is 0 Å². The highest BCUT2D eigenvalue weighted by molar-refractivity contribution is 5.44. The number of hydrogen-bond acceptors (Lipinski definition) is 3. The van der Waals surface area contributed by atoms with Crippen LogP contribution in [0, 0.1) is 19.7 Å². The number of hydrogen-bond donors (Lipinski definition) is 1. The monoisotopic (exact) mass is 311 g/mol. The molecular weight excluding hydrogens is 293 g/mol. The SMILES string of the molecule is Cc1ccc(C)c(-n2nnc(CO)c2Cc2ccc(F)cc2)c1. The first kappa shape index (κ1) is 15.4. The molecule has 0 aliphatic carbocycles. The molecule has 4 nitrogen and oxygen atoms in total. The quantitative estimate of drug-likeness (QED) is 0.805. The van der Waals surface area contributed by atoms with Gasteiger partial charge in [-0.25, -0.2) is 9.07 Å². The molecule has 2 aromatic carbocycles. The van der Waals surface area contributed by atoms with Crippen molar-refractivity contribution in [1.82, 2.24) is 15.0 Å². The van der Waals surface area contributed by atoms with Gasteiger partial charge in [0.25, 0.3) is 0 Å². The van der Waals surface area contributed by atoms with Gasteiger partial charge in [0.05, 0.1) is 18.0 Å². The van der Waals surface area contributed by atoms with Gasteiger partial charge in [-0.3, -0.25) is 0 Å². The van der Waals surface area contributed by atoms with Crippen LogP contribution in [-0.2, 0) is 13.0 Å². The van der Waals surface area contributed by atoms with Gasteiger partial charge in [-0.2, -0.15) is 0 Å². The smallest absolute Gasteiger partial charge is 0.123 e. The van der Waals surface area contributed by atoms with Crippen LogP contribution < -0.4 is 0 Å². The normalized spacial score (nSPS) is 11.0. The van der Waals surface area contributed by atoms with Crippen LogP contribution in [0.4, 0.5) is 4.39 Å². The second kappa shape index (κ2) is 6.30. The predicted molar refractivity (Wildman–Crippen MR) is 86.0 cm³/mol. The zero-order chi connectivity index (χ0) is 16.4. The maximum absolute atomic E-state index is 13.1. The Labute approximate surface area is 134 Å². The van der Waals surface area contributed by atoms with E-state index in [9.17, 15) is 9.50 Å². The second-order valence-corrected chi connectivity index (χ2v) is 5.65. The van der Waals surface area contributed by atoms with Gasteiger partial charge >= 0.3 is 0 Å². The molecule has 0 amide bonds. The number of aliphatic hydroxyl groups excluding tert-OH is 1. The highest BCUT2D eigenvalue weighted by atomic mass is 19.1. The molecule has 5 heteroatoms. The van der Waals surface area contributed by atoms with Gasteiger partial charge in [0.15, 0.2) is 0 Å². The third-order valence-electron chi connectivity index (χ3n) is 3.87. The first-order valence-electron chi connectivity index (χ1n) is 7.45. The van der Waals surface area contributed by atoms with Crippen molar-refractivity contribution in [2.45, 2.75) is 26.9 Å². The largest absolute Gasteiger partial charge is 0.390 e. The van der Waals surface area contributed by atoms with E-state index in [-0.39, 0.29) is 12.4 Å². The Kier molecular flexibility index (Phi) is 4.21. The summed E-state index contributed by atoms with van der Waals surface area (Å²) in [6.45, 7) is 3.85. The van der Waals surface area contributed by atoms with Gasteiger partial charge in [0, 0.05) is 6.42 Å². The number of aliphatic hydroxyl groups is 1. The van der Waals surface area contributed by atoms with E-state index < -0.39 is 0 Å². The van der Waals surface area contributed by atoms with E-state index in [1.54, 1.807) is 16.8 Å². The minimum absolute atomic E-state index is 0.179. The van der Waals surface area contributed by atoms with E-state index in [0.29, 0.717) is 12.1 Å². The average molecular weight is 311 g/mol. The Balaban J connectivity index is 2.07. The van der Waals surface area contributed by atoms with Crippen molar-refractivity contribution in [2.24, 2.45) is 0 Å². The molecule has 0 unspecified atom stereocenters. The summed E-state index contributed by atoms with van der Waals surface area (Å²) in [6, 6.07) is 12.4. The average Bonchev–Trinajstić information content (AvgIpc) is 2.94. The van der Waals surface area contributed by atoms with Crippen LogP contribution >= 0.6 is 0 Å². The lowest BCUT2D eigenvalue weighted by molar-refractivity contribution is 0.275. The number of rotatable bonds is 4. The van der Waals surface area contributed by atoms with Gasteiger partial charge in [0.1, 0.15) is 11.5 Å². The summed E-state index contributed by atoms with van der Waals surface area (Å²) in [7, 11) is 0. The summed E-state index contributed by atoms with van der Waals surface area (Å²) in [5.41, 5.74) is 5.43. The minimum Gasteiger partial charge on any atom is -0.390 e. The summed E-state index contributed by atoms with van der Waals surface area (Å²) in [6.07, 6.45) is 0.524. The maximum atomic E-state index is 13.1. The Morgan fingerprint density at radius 1 is 1.09 bits per heavy atom. The number of aromatic nitrogens is 3. The summed E-state index contributed by atoms with van der Waals surface area (Å²) in [4.78, 5) is 0. The van der Waals surface area contributed by atoms with Gasteiger partial charge in [-0.05, 0) is 48.7 Å². The molecule has 3 rings (SSSR count). The fourth-order valence-corrected chi connectivity index (χ4v) is 2.57. The summed E-state index contributed by atoms with van der Waals surface area (Å²) >= 11 is 0. The third-order valence-corrected chi connectivity index (χ3v) is 3.87. The molecule has 0 saturated carbocycles. The van der Waals surface area contributed by atoms with Crippen molar-refractivity contribution in [3.8, 4) is 5.69 Å². The molecule has 0 radical (unpaired) electrons. The Morgan fingerprint density at radius 2 is 1.83 bits per heavy atom. The number of benzene rings is 2. The number of halogens is 1. The van der Waals surface area contributed by atoms with E-state index in [0.717, 1.165) is 28.1 Å². The van der Waals surface area contributed by atoms with Gasteiger partial charge in [0.2, 0.25) is 0 Å².